The molecule has 1 atom stereocenters. The number of aryl methyl sites for hydroxylation is 1. The summed E-state index contributed by atoms with van der Waals surface area (Å²) in [5.41, 5.74) is 2.33. The molecule has 2 heterocycles. The molecule has 1 saturated heterocycles. The van der Waals surface area contributed by atoms with E-state index in [1.54, 1.807) is 11.3 Å². The Morgan fingerprint density at radius 1 is 1.37 bits per heavy atom. The summed E-state index contributed by atoms with van der Waals surface area (Å²) in [5, 5.41) is 4.39. The number of thiazole rings is 1. The van der Waals surface area contributed by atoms with Gasteiger partial charge in [0.15, 0.2) is 5.13 Å². The van der Waals surface area contributed by atoms with Crippen LogP contribution >= 0.6 is 11.3 Å². The molecule has 0 unspecified atom stereocenters. The van der Waals surface area contributed by atoms with Crippen molar-refractivity contribution < 1.29 is 4.74 Å². The fraction of sp³-hybridized carbons (Fsp3) is 0.400. The smallest absolute Gasteiger partial charge is 0.183 e. The van der Waals surface area contributed by atoms with Gasteiger partial charge in [0.05, 0.1) is 16.7 Å². The molecule has 19 heavy (non-hydrogen) atoms. The maximum atomic E-state index is 5.61. The normalized spacial score (nSPS) is 18.7. The van der Waals surface area contributed by atoms with E-state index in [-0.39, 0.29) is 0 Å². The van der Waals surface area contributed by atoms with Gasteiger partial charge in [-0.3, -0.25) is 0 Å². The number of ether oxygens (including phenoxy) is 1. The summed E-state index contributed by atoms with van der Waals surface area (Å²) in [6, 6.07) is 10.4. The molecule has 1 aromatic heterocycles. The summed E-state index contributed by atoms with van der Waals surface area (Å²) < 4.78 is 5.61. The van der Waals surface area contributed by atoms with Gasteiger partial charge in [0.1, 0.15) is 0 Å². The van der Waals surface area contributed by atoms with Crippen molar-refractivity contribution >= 4 is 16.5 Å². The molecule has 4 heteroatoms. The molecule has 1 aliphatic heterocycles. The first kappa shape index (κ1) is 12.6. The van der Waals surface area contributed by atoms with E-state index in [0.29, 0.717) is 6.10 Å². The van der Waals surface area contributed by atoms with Crippen molar-refractivity contribution in [1.29, 1.82) is 0 Å². The van der Waals surface area contributed by atoms with Gasteiger partial charge < -0.3 is 10.1 Å². The number of rotatable bonds is 4. The SMILES string of the molecule is Cc1nc(NC[C@@H]2CCCO2)sc1-c1ccccc1. The molecule has 2 aromatic rings. The Morgan fingerprint density at radius 3 is 2.95 bits per heavy atom. The van der Waals surface area contributed by atoms with Crippen LogP contribution in [0, 0.1) is 6.92 Å². The third-order valence-corrected chi connectivity index (χ3v) is 4.50. The summed E-state index contributed by atoms with van der Waals surface area (Å²) in [7, 11) is 0. The molecule has 100 valence electrons. The van der Waals surface area contributed by atoms with Crippen LogP contribution < -0.4 is 5.32 Å². The highest BCUT2D eigenvalue weighted by Crippen LogP contribution is 2.32. The zero-order valence-electron chi connectivity index (χ0n) is 11.1. The van der Waals surface area contributed by atoms with E-state index in [4.69, 9.17) is 4.74 Å². The van der Waals surface area contributed by atoms with Gasteiger partial charge in [0, 0.05) is 13.2 Å². The van der Waals surface area contributed by atoms with Crippen LogP contribution in [0.15, 0.2) is 30.3 Å². The average Bonchev–Trinajstić information content (AvgIpc) is 3.07. The number of hydrogen-bond acceptors (Lipinski definition) is 4. The van der Waals surface area contributed by atoms with Crippen LogP contribution in [-0.4, -0.2) is 24.2 Å². The van der Waals surface area contributed by atoms with Crippen molar-refractivity contribution in [2.24, 2.45) is 0 Å². The predicted molar refractivity (Wildman–Crippen MR) is 79.8 cm³/mol. The first-order valence-corrected chi connectivity index (χ1v) is 7.53. The third-order valence-electron chi connectivity index (χ3n) is 3.34. The molecule has 1 aromatic carbocycles. The number of nitrogens with zero attached hydrogens (tertiary/aromatic N) is 1. The Morgan fingerprint density at radius 2 is 2.21 bits per heavy atom. The highest BCUT2D eigenvalue weighted by atomic mass is 32.1. The maximum Gasteiger partial charge on any atom is 0.183 e. The Bertz CT molecular complexity index is 532. The molecule has 0 saturated carbocycles. The molecule has 1 aliphatic rings. The Hall–Kier alpha value is -1.39. The van der Waals surface area contributed by atoms with Crippen LogP contribution in [0.2, 0.25) is 0 Å². The third kappa shape index (κ3) is 2.96. The molecule has 3 rings (SSSR count). The lowest BCUT2D eigenvalue weighted by molar-refractivity contribution is 0.120. The van der Waals surface area contributed by atoms with Crippen molar-refractivity contribution in [3.63, 3.8) is 0 Å². The van der Waals surface area contributed by atoms with Gasteiger partial charge in [-0.15, -0.1) is 0 Å². The quantitative estimate of drug-likeness (QED) is 0.923. The minimum atomic E-state index is 0.351. The van der Waals surface area contributed by atoms with E-state index >= 15 is 0 Å². The van der Waals surface area contributed by atoms with E-state index < -0.39 is 0 Å². The van der Waals surface area contributed by atoms with Gasteiger partial charge in [-0.1, -0.05) is 41.7 Å². The van der Waals surface area contributed by atoms with E-state index in [2.05, 4.69) is 41.5 Å². The minimum Gasteiger partial charge on any atom is -0.376 e. The summed E-state index contributed by atoms with van der Waals surface area (Å²) in [6.07, 6.45) is 2.69. The number of hydrogen-bond donors (Lipinski definition) is 1. The monoisotopic (exact) mass is 274 g/mol. The molecule has 3 nitrogen and oxygen atoms in total. The summed E-state index contributed by atoms with van der Waals surface area (Å²) in [6.45, 7) is 3.83. The van der Waals surface area contributed by atoms with Gasteiger partial charge in [-0.05, 0) is 25.3 Å². The van der Waals surface area contributed by atoms with Crippen LogP contribution in [0.25, 0.3) is 10.4 Å². The lowest BCUT2D eigenvalue weighted by atomic mass is 10.2. The largest absolute Gasteiger partial charge is 0.376 e. The minimum absolute atomic E-state index is 0.351. The second-order valence-corrected chi connectivity index (χ2v) is 5.81. The molecule has 0 amide bonds. The van der Waals surface area contributed by atoms with E-state index in [1.807, 2.05) is 6.07 Å². The molecular formula is C15H18N2OS. The Labute approximate surface area is 117 Å². The molecule has 0 spiro atoms. The summed E-state index contributed by atoms with van der Waals surface area (Å²) in [4.78, 5) is 5.85. The fourth-order valence-corrected chi connectivity index (χ4v) is 3.31. The van der Waals surface area contributed by atoms with Gasteiger partial charge in [0.25, 0.3) is 0 Å². The second kappa shape index (κ2) is 5.72. The Kier molecular flexibility index (Phi) is 3.80. The van der Waals surface area contributed by atoms with Gasteiger partial charge in [-0.25, -0.2) is 4.98 Å². The molecular weight excluding hydrogens is 256 g/mol. The van der Waals surface area contributed by atoms with Gasteiger partial charge >= 0.3 is 0 Å². The highest BCUT2D eigenvalue weighted by Gasteiger charge is 2.16. The van der Waals surface area contributed by atoms with Crippen LogP contribution in [0.4, 0.5) is 5.13 Å². The number of nitrogens with one attached hydrogen (secondary N) is 1. The van der Waals surface area contributed by atoms with Crippen molar-refractivity contribution in [2.75, 3.05) is 18.5 Å². The van der Waals surface area contributed by atoms with Gasteiger partial charge in [-0.2, -0.15) is 0 Å². The second-order valence-electron chi connectivity index (χ2n) is 4.82. The number of aromatic nitrogens is 1. The first-order chi connectivity index (χ1) is 9.33. The molecule has 0 aliphatic carbocycles. The van der Waals surface area contributed by atoms with E-state index in [9.17, 15) is 0 Å². The zero-order valence-corrected chi connectivity index (χ0v) is 11.9. The Balaban J connectivity index is 1.70. The summed E-state index contributed by atoms with van der Waals surface area (Å²) in [5.74, 6) is 0. The van der Waals surface area contributed by atoms with Crippen LogP contribution in [0.3, 0.4) is 0 Å². The van der Waals surface area contributed by atoms with Crippen LogP contribution in [0.1, 0.15) is 18.5 Å². The maximum absolute atomic E-state index is 5.61. The molecule has 0 radical (unpaired) electrons. The van der Waals surface area contributed by atoms with Crippen molar-refractivity contribution in [1.82, 2.24) is 4.98 Å². The summed E-state index contributed by atoms with van der Waals surface area (Å²) >= 11 is 1.72. The molecule has 0 bridgehead atoms. The average molecular weight is 274 g/mol. The van der Waals surface area contributed by atoms with Crippen molar-refractivity contribution in [3.8, 4) is 10.4 Å². The van der Waals surface area contributed by atoms with E-state index in [0.717, 1.165) is 30.4 Å². The lowest BCUT2D eigenvalue weighted by Crippen LogP contribution is -2.18. The predicted octanol–water partition coefficient (Wildman–Crippen LogP) is 3.71. The number of benzene rings is 1. The van der Waals surface area contributed by atoms with Crippen LogP contribution in [-0.2, 0) is 4.74 Å². The zero-order chi connectivity index (χ0) is 13.1. The first-order valence-electron chi connectivity index (χ1n) is 6.71. The highest BCUT2D eigenvalue weighted by molar-refractivity contribution is 7.19. The van der Waals surface area contributed by atoms with Crippen LogP contribution in [0.5, 0.6) is 0 Å². The lowest BCUT2D eigenvalue weighted by Gasteiger charge is -2.08. The topological polar surface area (TPSA) is 34.2 Å². The van der Waals surface area contributed by atoms with Gasteiger partial charge in [0.2, 0.25) is 0 Å². The van der Waals surface area contributed by atoms with Crippen molar-refractivity contribution in [2.45, 2.75) is 25.9 Å². The molecule has 1 N–H and O–H groups in total. The van der Waals surface area contributed by atoms with Crippen molar-refractivity contribution in [3.05, 3.63) is 36.0 Å². The standard InChI is InChI=1S/C15H18N2OS/c1-11-14(12-6-3-2-4-7-12)19-15(17-11)16-10-13-8-5-9-18-13/h2-4,6-7,13H,5,8-10H2,1H3,(H,16,17)/t13-/m0/s1. The molecule has 1 fully saturated rings. The fourth-order valence-electron chi connectivity index (χ4n) is 2.34. The number of anilines is 1. The van der Waals surface area contributed by atoms with E-state index in [1.165, 1.54) is 16.9 Å².